The van der Waals surface area contributed by atoms with Gasteiger partial charge in [-0.05, 0) is 30.0 Å². The van der Waals surface area contributed by atoms with E-state index in [0.717, 1.165) is 18.6 Å². The van der Waals surface area contributed by atoms with E-state index in [-0.39, 0.29) is 0 Å². The molecule has 1 aliphatic carbocycles. The van der Waals surface area contributed by atoms with Gasteiger partial charge >= 0.3 is 0 Å². The lowest BCUT2D eigenvalue weighted by atomic mass is 9.90. The first-order valence-electron chi connectivity index (χ1n) is 5.62. The fourth-order valence-corrected chi connectivity index (χ4v) is 2.10. The van der Waals surface area contributed by atoms with Gasteiger partial charge in [0.1, 0.15) is 12.4 Å². The molecule has 2 heteroatoms. The quantitative estimate of drug-likeness (QED) is 0.783. The van der Waals surface area contributed by atoms with E-state index in [4.69, 9.17) is 10.5 Å². The molecule has 1 aliphatic rings. The van der Waals surface area contributed by atoms with Gasteiger partial charge in [-0.3, -0.25) is 0 Å². The Morgan fingerprint density at radius 3 is 3.06 bits per heavy atom. The second kappa shape index (κ2) is 4.99. The summed E-state index contributed by atoms with van der Waals surface area (Å²) in [4.78, 5) is 0. The van der Waals surface area contributed by atoms with Crippen LogP contribution in [0.25, 0.3) is 5.57 Å². The summed E-state index contributed by atoms with van der Waals surface area (Å²) in [6.45, 7) is 4.81. The van der Waals surface area contributed by atoms with Gasteiger partial charge in [0.2, 0.25) is 0 Å². The normalized spacial score (nSPS) is 13.9. The van der Waals surface area contributed by atoms with Gasteiger partial charge in [-0.25, -0.2) is 0 Å². The minimum absolute atomic E-state index is 0.554. The SMILES string of the molecule is C=CCOc1cccc2c1CCC=C2CN. The van der Waals surface area contributed by atoms with E-state index in [0.29, 0.717) is 13.2 Å². The van der Waals surface area contributed by atoms with Gasteiger partial charge in [0.15, 0.2) is 0 Å². The summed E-state index contributed by atoms with van der Waals surface area (Å²) < 4.78 is 5.66. The average molecular weight is 215 g/mol. The Hall–Kier alpha value is -1.54. The van der Waals surface area contributed by atoms with Crippen molar-refractivity contribution in [1.82, 2.24) is 0 Å². The molecule has 0 aliphatic heterocycles. The average Bonchev–Trinajstić information content (AvgIpc) is 2.35. The van der Waals surface area contributed by atoms with Crippen LogP contribution in [-0.4, -0.2) is 13.2 Å². The molecule has 84 valence electrons. The van der Waals surface area contributed by atoms with Crippen molar-refractivity contribution in [1.29, 1.82) is 0 Å². The van der Waals surface area contributed by atoms with Crippen LogP contribution in [0.3, 0.4) is 0 Å². The molecule has 0 spiro atoms. The molecule has 0 bridgehead atoms. The summed E-state index contributed by atoms with van der Waals surface area (Å²) in [7, 11) is 0. The second-order valence-corrected chi connectivity index (χ2v) is 3.85. The van der Waals surface area contributed by atoms with Crippen LogP contribution in [0.5, 0.6) is 5.75 Å². The van der Waals surface area contributed by atoms with Gasteiger partial charge in [-0.2, -0.15) is 0 Å². The van der Waals surface area contributed by atoms with E-state index in [1.165, 1.54) is 16.7 Å². The molecule has 0 radical (unpaired) electrons. The van der Waals surface area contributed by atoms with Crippen LogP contribution >= 0.6 is 0 Å². The van der Waals surface area contributed by atoms with Crippen LogP contribution in [0, 0.1) is 0 Å². The summed E-state index contributed by atoms with van der Waals surface area (Å²) in [5.74, 6) is 0.969. The summed E-state index contributed by atoms with van der Waals surface area (Å²) in [6, 6.07) is 6.15. The van der Waals surface area contributed by atoms with Gasteiger partial charge in [0.25, 0.3) is 0 Å². The molecule has 1 aromatic rings. The maximum Gasteiger partial charge on any atom is 0.123 e. The zero-order chi connectivity index (χ0) is 11.4. The molecule has 0 saturated carbocycles. The van der Waals surface area contributed by atoms with Gasteiger partial charge < -0.3 is 10.5 Å². The zero-order valence-electron chi connectivity index (χ0n) is 9.41. The Balaban J connectivity index is 2.36. The molecule has 0 heterocycles. The van der Waals surface area contributed by atoms with Gasteiger partial charge in [-0.15, -0.1) is 0 Å². The number of hydrogen-bond donors (Lipinski definition) is 1. The first kappa shape index (κ1) is 11.0. The van der Waals surface area contributed by atoms with Crippen molar-refractivity contribution < 1.29 is 4.74 Å². The van der Waals surface area contributed by atoms with Crippen molar-refractivity contribution in [3.05, 3.63) is 48.1 Å². The van der Waals surface area contributed by atoms with Crippen molar-refractivity contribution in [2.75, 3.05) is 13.2 Å². The molecule has 0 atom stereocenters. The summed E-state index contributed by atoms with van der Waals surface area (Å²) in [5.41, 5.74) is 9.50. The van der Waals surface area contributed by atoms with Crippen LogP contribution in [0.15, 0.2) is 36.9 Å². The lowest BCUT2D eigenvalue weighted by Gasteiger charge is -2.19. The molecular weight excluding hydrogens is 198 g/mol. The van der Waals surface area contributed by atoms with Crippen LogP contribution in [0.1, 0.15) is 17.5 Å². The van der Waals surface area contributed by atoms with Crippen LogP contribution < -0.4 is 10.5 Å². The highest BCUT2D eigenvalue weighted by molar-refractivity contribution is 5.73. The fourth-order valence-electron chi connectivity index (χ4n) is 2.10. The fraction of sp³-hybridized carbons (Fsp3) is 0.286. The largest absolute Gasteiger partial charge is 0.489 e. The minimum atomic E-state index is 0.554. The molecule has 2 N–H and O–H groups in total. The molecule has 2 nitrogen and oxygen atoms in total. The first-order chi connectivity index (χ1) is 7.86. The van der Waals surface area contributed by atoms with Crippen molar-refractivity contribution in [3.63, 3.8) is 0 Å². The molecule has 0 aromatic heterocycles. The van der Waals surface area contributed by atoms with E-state index >= 15 is 0 Å². The third kappa shape index (κ3) is 2.02. The molecule has 16 heavy (non-hydrogen) atoms. The Bertz CT molecular complexity index is 421. The number of nitrogens with two attached hydrogens (primary N) is 1. The van der Waals surface area contributed by atoms with Crippen LogP contribution in [0.4, 0.5) is 0 Å². The van der Waals surface area contributed by atoms with Gasteiger partial charge in [0.05, 0.1) is 0 Å². The van der Waals surface area contributed by atoms with Crippen LogP contribution in [0.2, 0.25) is 0 Å². The van der Waals surface area contributed by atoms with Gasteiger partial charge in [0, 0.05) is 12.1 Å². The summed E-state index contributed by atoms with van der Waals surface area (Å²) in [5, 5.41) is 0. The Morgan fingerprint density at radius 2 is 2.31 bits per heavy atom. The molecule has 0 amide bonds. The van der Waals surface area contributed by atoms with Crippen molar-refractivity contribution in [3.8, 4) is 5.75 Å². The van der Waals surface area contributed by atoms with Gasteiger partial charge in [-0.1, -0.05) is 30.9 Å². The maximum atomic E-state index is 5.74. The third-order valence-corrected chi connectivity index (χ3v) is 2.84. The Morgan fingerprint density at radius 1 is 1.44 bits per heavy atom. The summed E-state index contributed by atoms with van der Waals surface area (Å²) >= 11 is 0. The predicted octanol–water partition coefficient (Wildman–Crippen LogP) is 2.54. The molecule has 0 fully saturated rings. The predicted molar refractivity (Wildman–Crippen MR) is 67.5 cm³/mol. The number of hydrogen-bond acceptors (Lipinski definition) is 2. The highest BCUT2D eigenvalue weighted by Crippen LogP contribution is 2.32. The molecule has 1 aromatic carbocycles. The van der Waals surface area contributed by atoms with E-state index in [2.05, 4.69) is 18.7 Å². The smallest absolute Gasteiger partial charge is 0.123 e. The Labute approximate surface area is 96.4 Å². The topological polar surface area (TPSA) is 35.2 Å². The summed E-state index contributed by atoms with van der Waals surface area (Å²) in [6.07, 6.45) is 6.07. The van der Waals surface area contributed by atoms with E-state index < -0.39 is 0 Å². The maximum absolute atomic E-state index is 5.74. The number of ether oxygens (including phenoxy) is 1. The van der Waals surface area contributed by atoms with Crippen LogP contribution in [-0.2, 0) is 6.42 Å². The lowest BCUT2D eigenvalue weighted by Crippen LogP contribution is -2.10. The number of fused-ring (bicyclic) bond motifs is 1. The van der Waals surface area contributed by atoms with E-state index in [9.17, 15) is 0 Å². The molecule has 0 saturated heterocycles. The molecular formula is C14H17NO. The molecule has 2 rings (SSSR count). The monoisotopic (exact) mass is 215 g/mol. The second-order valence-electron chi connectivity index (χ2n) is 3.85. The lowest BCUT2D eigenvalue weighted by molar-refractivity contribution is 0.359. The number of rotatable bonds is 4. The zero-order valence-corrected chi connectivity index (χ0v) is 9.41. The Kier molecular flexibility index (Phi) is 3.42. The third-order valence-electron chi connectivity index (χ3n) is 2.84. The minimum Gasteiger partial charge on any atom is -0.489 e. The number of benzene rings is 1. The highest BCUT2D eigenvalue weighted by atomic mass is 16.5. The highest BCUT2D eigenvalue weighted by Gasteiger charge is 2.15. The van der Waals surface area contributed by atoms with E-state index in [1.807, 2.05) is 12.1 Å². The number of allylic oxidation sites excluding steroid dienone is 1. The van der Waals surface area contributed by atoms with Crippen molar-refractivity contribution in [2.24, 2.45) is 5.73 Å². The molecule has 0 unspecified atom stereocenters. The van der Waals surface area contributed by atoms with Crippen molar-refractivity contribution >= 4 is 5.57 Å². The standard InChI is InChI=1S/C14H17NO/c1-2-9-16-14-8-4-6-12-11(10-15)5-3-7-13(12)14/h2,4-6,8H,1,3,7,9-10,15H2. The first-order valence-corrected chi connectivity index (χ1v) is 5.62. The van der Waals surface area contributed by atoms with Crippen molar-refractivity contribution in [2.45, 2.75) is 12.8 Å². The van der Waals surface area contributed by atoms with E-state index in [1.54, 1.807) is 6.08 Å².